The maximum atomic E-state index is 9.71. The molecular formula is C14H14O2. The van der Waals surface area contributed by atoms with Crippen molar-refractivity contribution in [3.05, 3.63) is 53.6 Å². The highest BCUT2D eigenvalue weighted by Gasteiger charge is 2.07. The van der Waals surface area contributed by atoms with E-state index in [4.69, 9.17) is 5.11 Å². The molecule has 16 heavy (non-hydrogen) atoms. The number of rotatable bonds is 2. The number of aliphatic hydroxyl groups is 1. The lowest BCUT2D eigenvalue weighted by Gasteiger charge is -2.09. The van der Waals surface area contributed by atoms with E-state index in [1.165, 1.54) is 0 Å². The molecule has 82 valence electrons. The Labute approximate surface area is 94.8 Å². The molecule has 0 spiro atoms. The second-order valence-corrected chi connectivity index (χ2v) is 3.83. The Morgan fingerprint density at radius 2 is 1.69 bits per heavy atom. The Morgan fingerprint density at radius 3 is 2.31 bits per heavy atom. The number of aliphatic hydroxyl groups excluding tert-OH is 1. The number of hydrogen-bond acceptors (Lipinski definition) is 2. The molecule has 0 aliphatic heterocycles. The highest BCUT2D eigenvalue weighted by atomic mass is 16.3. The molecule has 0 fully saturated rings. The SMILES string of the molecule is Cc1cc(-c2ccccc2)cc(CO)c1O. The molecule has 0 aliphatic carbocycles. The Morgan fingerprint density at radius 1 is 1.00 bits per heavy atom. The zero-order valence-corrected chi connectivity index (χ0v) is 9.14. The number of benzene rings is 2. The number of hydrogen-bond donors (Lipinski definition) is 2. The minimum Gasteiger partial charge on any atom is -0.507 e. The molecule has 2 aromatic carbocycles. The summed E-state index contributed by atoms with van der Waals surface area (Å²) in [6.07, 6.45) is 0. The second kappa shape index (κ2) is 4.37. The van der Waals surface area contributed by atoms with Crippen LogP contribution in [0.1, 0.15) is 11.1 Å². The second-order valence-electron chi connectivity index (χ2n) is 3.83. The summed E-state index contributed by atoms with van der Waals surface area (Å²) < 4.78 is 0. The third-order valence-electron chi connectivity index (χ3n) is 2.66. The van der Waals surface area contributed by atoms with Gasteiger partial charge in [-0.05, 0) is 35.7 Å². The molecule has 0 unspecified atom stereocenters. The van der Waals surface area contributed by atoms with E-state index in [0.29, 0.717) is 5.56 Å². The van der Waals surface area contributed by atoms with Crippen LogP contribution in [0.4, 0.5) is 0 Å². The van der Waals surface area contributed by atoms with E-state index in [1.807, 2.05) is 49.4 Å². The van der Waals surface area contributed by atoms with Gasteiger partial charge in [-0.2, -0.15) is 0 Å². The number of aromatic hydroxyl groups is 1. The summed E-state index contributed by atoms with van der Waals surface area (Å²) in [5.74, 6) is 0.183. The Kier molecular flexibility index (Phi) is 2.93. The summed E-state index contributed by atoms with van der Waals surface area (Å²) in [4.78, 5) is 0. The van der Waals surface area contributed by atoms with Crippen molar-refractivity contribution in [2.24, 2.45) is 0 Å². The van der Waals surface area contributed by atoms with Crippen molar-refractivity contribution < 1.29 is 10.2 Å². The van der Waals surface area contributed by atoms with Crippen molar-refractivity contribution in [2.75, 3.05) is 0 Å². The average Bonchev–Trinajstić information content (AvgIpc) is 2.33. The van der Waals surface area contributed by atoms with Gasteiger partial charge in [0.25, 0.3) is 0 Å². The molecule has 0 saturated carbocycles. The highest BCUT2D eigenvalue weighted by Crippen LogP contribution is 2.29. The molecule has 2 aromatic rings. The molecule has 2 nitrogen and oxygen atoms in total. The predicted molar refractivity (Wildman–Crippen MR) is 64.2 cm³/mol. The van der Waals surface area contributed by atoms with E-state index < -0.39 is 0 Å². The van der Waals surface area contributed by atoms with Crippen molar-refractivity contribution in [1.82, 2.24) is 0 Å². The van der Waals surface area contributed by atoms with Gasteiger partial charge in [0.15, 0.2) is 0 Å². The van der Waals surface area contributed by atoms with Crippen LogP contribution in [-0.2, 0) is 6.61 Å². The van der Waals surface area contributed by atoms with E-state index in [-0.39, 0.29) is 12.4 Å². The van der Waals surface area contributed by atoms with E-state index in [0.717, 1.165) is 16.7 Å². The van der Waals surface area contributed by atoms with Crippen LogP contribution in [0.25, 0.3) is 11.1 Å². The summed E-state index contributed by atoms with van der Waals surface area (Å²) in [7, 11) is 0. The minimum atomic E-state index is -0.145. The summed E-state index contributed by atoms with van der Waals surface area (Å²) >= 11 is 0. The van der Waals surface area contributed by atoms with E-state index in [2.05, 4.69) is 0 Å². The van der Waals surface area contributed by atoms with Crippen molar-refractivity contribution >= 4 is 0 Å². The van der Waals surface area contributed by atoms with Gasteiger partial charge in [-0.1, -0.05) is 30.3 Å². The van der Waals surface area contributed by atoms with Gasteiger partial charge < -0.3 is 10.2 Å². The molecule has 0 aromatic heterocycles. The molecule has 2 rings (SSSR count). The first-order valence-corrected chi connectivity index (χ1v) is 5.21. The summed E-state index contributed by atoms with van der Waals surface area (Å²) in [6.45, 7) is 1.69. The molecule has 2 N–H and O–H groups in total. The monoisotopic (exact) mass is 214 g/mol. The first-order valence-electron chi connectivity index (χ1n) is 5.21. The normalized spacial score (nSPS) is 10.4. The lowest BCUT2D eigenvalue weighted by molar-refractivity contribution is 0.275. The van der Waals surface area contributed by atoms with Crippen LogP contribution < -0.4 is 0 Å². The van der Waals surface area contributed by atoms with Crippen molar-refractivity contribution in [1.29, 1.82) is 0 Å². The Bertz CT molecular complexity index is 490. The molecule has 0 radical (unpaired) electrons. The zero-order valence-electron chi connectivity index (χ0n) is 9.14. The fourth-order valence-electron chi connectivity index (χ4n) is 1.77. The maximum absolute atomic E-state index is 9.71. The highest BCUT2D eigenvalue weighted by molar-refractivity contribution is 5.67. The van der Waals surface area contributed by atoms with Crippen LogP contribution in [0.2, 0.25) is 0 Å². The van der Waals surface area contributed by atoms with E-state index in [1.54, 1.807) is 0 Å². The molecule has 0 saturated heterocycles. The molecule has 0 aliphatic rings. The molecule has 0 atom stereocenters. The summed E-state index contributed by atoms with van der Waals surface area (Å²) in [5, 5.41) is 18.9. The van der Waals surface area contributed by atoms with Crippen molar-refractivity contribution in [3.8, 4) is 16.9 Å². The van der Waals surface area contributed by atoms with Gasteiger partial charge in [-0.3, -0.25) is 0 Å². The summed E-state index contributed by atoms with van der Waals surface area (Å²) in [5.41, 5.74) is 3.45. The van der Waals surface area contributed by atoms with Crippen molar-refractivity contribution in [3.63, 3.8) is 0 Å². The molecule has 0 amide bonds. The largest absolute Gasteiger partial charge is 0.507 e. The van der Waals surface area contributed by atoms with Gasteiger partial charge in [-0.15, -0.1) is 0 Å². The fraction of sp³-hybridized carbons (Fsp3) is 0.143. The Balaban J connectivity index is 2.55. The number of aryl methyl sites for hydroxylation is 1. The molecule has 0 heterocycles. The quantitative estimate of drug-likeness (QED) is 0.807. The van der Waals surface area contributed by atoms with Crippen LogP contribution in [-0.4, -0.2) is 10.2 Å². The van der Waals surface area contributed by atoms with Gasteiger partial charge in [0, 0.05) is 5.56 Å². The van der Waals surface area contributed by atoms with Gasteiger partial charge in [-0.25, -0.2) is 0 Å². The summed E-state index contributed by atoms with van der Waals surface area (Å²) in [6, 6.07) is 13.7. The number of phenols is 1. The van der Waals surface area contributed by atoms with Crippen LogP contribution in [0.15, 0.2) is 42.5 Å². The van der Waals surface area contributed by atoms with E-state index >= 15 is 0 Å². The third kappa shape index (κ3) is 1.92. The van der Waals surface area contributed by atoms with Gasteiger partial charge in [0.1, 0.15) is 5.75 Å². The van der Waals surface area contributed by atoms with Crippen LogP contribution in [0.5, 0.6) is 5.75 Å². The first-order chi connectivity index (χ1) is 7.72. The fourth-order valence-corrected chi connectivity index (χ4v) is 1.77. The molecule has 2 heteroatoms. The first kappa shape index (κ1) is 10.7. The van der Waals surface area contributed by atoms with Gasteiger partial charge >= 0.3 is 0 Å². The van der Waals surface area contributed by atoms with Crippen LogP contribution >= 0.6 is 0 Å². The van der Waals surface area contributed by atoms with Crippen molar-refractivity contribution in [2.45, 2.75) is 13.5 Å². The lowest BCUT2D eigenvalue weighted by atomic mass is 9.99. The molecule has 0 bridgehead atoms. The van der Waals surface area contributed by atoms with E-state index in [9.17, 15) is 5.11 Å². The predicted octanol–water partition coefficient (Wildman–Crippen LogP) is 2.86. The lowest BCUT2D eigenvalue weighted by Crippen LogP contribution is -1.89. The zero-order chi connectivity index (χ0) is 11.5. The Hall–Kier alpha value is -1.80. The third-order valence-corrected chi connectivity index (χ3v) is 2.66. The van der Waals surface area contributed by atoms with Crippen LogP contribution in [0.3, 0.4) is 0 Å². The smallest absolute Gasteiger partial charge is 0.124 e. The maximum Gasteiger partial charge on any atom is 0.124 e. The standard InChI is InChI=1S/C14H14O2/c1-10-7-12(8-13(9-15)14(10)16)11-5-3-2-4-6-11/h2-8,15-16H,9H2,1H3. The minimum absolute atomic E-state index is 0.145. The van der Waals surface area contributed by atoms with Gasteiger partial charge in [0.2, 0.25) is 0 Å². The van der Waals surface area contributed by atoms with Crippen LogP contribution in [0, 0.1) is 6.92 Å². The topological polar surface area (TPSA) is 40.5 Å². The van der Waals surface area contributed by atoms with Gasteiger partial charge in [0.05, 0.1) is 6.61 Å². The molecular weight excluding hydrogens is 200 g/mol. The average molecular weight is 214 g/mol.